The Morgan fingerprint density at radius 1 is 1.26 bits per heavy atom. The van der Waals surface area contributed by atoms with E-state index in [2.05, 4.69) is 37.7 Å². The average Bonchev–Trinajstić information content (AvgIpc) is 2.74. The molecule has 0 atom stereocenters. The van der Waals surface area contributed by atoms with Crippen LogP contribution in [0.2, 0.25) is 0 Å². The Hall–Kier alpha value is -0.870. The quantitative estimate of drug-likeness (QED) is 0.786. The standard InChI is InChI=1S/C15H29N3O/c1-7-13-12(11-16-5)14(8-2)18(17-13)10-9-15(3,4)19-6/h16H,7-11H2,1-6H3. The molecule has 0 aliphatic rings. The van der Waals surface area contributed by atoms with Gasteiger partial charge in [0.2, 0.25) is 0 Å². The number of methoxy groups -OCH3 is 1. The van der Waals surface area contributed by atoms with E-state index in [1.54, 1.807) is 7.11 Å². The van der Waals surface area contributed by atoms with Crippen molar-refractivity contribution in [1.82, 2.24) is 15.1 Å². The van der Waals surface area contributed by atoms with Gasteiger partial charge in [-0.25, -0.2) is 0 Å². The summed E-state index contributed by atoms with van der Waals surface area (Å²) in [6.07, 6.45) is 2.99. The minimum absolute atomic E-state index is 0.0908. The average molecular weight is 267 g/mol. The molecule has 1 N–H and O–H groups in total. The molecule has 1 aromatic heterocycles. The van der Waals surface area contributed by atoms with E-state index < -0.39 is 0 Å². The predicted molar refractivity (Wildman–Crippen MR) is 79.5 cm³/mol. The second-order valence-corrected chi connectivity index (χ2v) is 5.55. The lowest BCUT2D eigenvalue weighted by atomic mass is 10.1. The number of ether oxygens (including phenoxy) is 1. The summed E-state index contributed by atoms with van der Waals surface area (Å²) in [5, 5.41) is 8.03. The normalized spacial score (nSPS) is 12.1. The lowest BCUT2D eigenvalue weighted by Crippen LogP contribution is -2.25. The maximum absolute atomic E-state index is 5.49. The van der Waals surface area contributed by atoms with Gasteiger partial charge in [-0.2, -0.15) is 5.10 Å². The van der Waals surface area contributed by atoms with E-state index in [4.69, 9.17) is 9.84 Å². The number of aryl methyl sites for hydroxylation is 2. The fraction of sp³-hybridized carbons (Fsp3) is 0.800. The zero-order valence-electron chi connectivity index (χ0n) is 13.3. The third kappa shape index (κ3) is 4.05. The highest BCUT2D eigenvalue weighted by Crippen LogP contribution is 2.19. The van der Waals surface area contributed by atoms with Crippen LogP contribution in [0.1, 0.15) is 51.1 Å². The molecule has 110 valence electrons. The summed E-state index contributed by atoms with van der Waals surface area (Å²) >= 11 is 0. The highest BCUT2D eigenvalue weighted by atomic mass is 16.5. The van der Waals surface area contributed by atoms with Crippen LogP contribution in [0.4, 0.5) is 0 Å². The van der Waals surface area contributed by atoms with E-state index in [1.807, 2.05) is 7.05 Å². The first-order chi connectivity index (χ1) is 8.99. The summed E-state index contributed by atoms with van der Waals surface area (Å²) in [6.45, 7) is 10.4. The highest BCUT2D eigenvalue weighted by molar-refractivity contribution is 5.26. The van der Waals surface area contributed by atoms with Crippen LogP contribution in [0.15, 0.2) is 0 Å². The molecule has 1 rings (SSSR count). The van der Waals surface area contributed by atoms with E-state index in [0.717, 1.165) is 32.4 Å². The molecule has 0 aromatic carbocycles. The van der Waals surface area contributed by atoms with Crippen LogP contribution < -0.4 is 5.32 Å². The molecule has 0 aliphatic carbocycles. The molecule has 0 aliphatic heterocycles. The van der Waals surface area contributed by atoms with E-state index in [1.165, 1.54) is 17.0 Å². The topological polar surface area (TPSA) is 39.1 Å². The summed E-state index contributed by atoms with van der Waals surface area (Å²) in [6, 6.07) is 0. The van der Waals surface area contributed by atoms with Crippen molar-refractivity contribution in [3.8, 4) is 0 Å². The number of rotatable bonds is 8. The summed E-state index contributed by atoms with van der Waals surface area (Å²) < 4.78 is 7.66. The zero-order chi connectivity index (χ0) is 14.5. The Morgan fingerprint density at radius 2 is 1.95 bits per heavy atom. The van der Waals surface area contributed by atoms with Crippen molar-refractivity contribution < 1.29 is 4.74 Å². The molecule has 4 heteroatoms. The lowest BCUT2D eigenvalue weighted by molar-refractivity contribution is 0.0111. The van der Waals surface area contributed by atoms with Gasteiger partial charge in [-0.15, -0.1) is 0 Å². The summed E-state index contributed by atoms with van der Waals surface area (Å²) in [7, 11) is 3.76. The Bertz CT molecular complexity index is 396. The van der Waals surface area contributed by atoms with Crippen LogP contribution in [-0.2, 0) is 30.7 Å². The Labute approximate surface area is 117 Å². The number of aromatic nitrogens is 2. The first kappa shape index (κ1) is 16.2. The molecule has 1 aromatic rings. The van der Waals surface area contributed by atoms with Gasteiger partial charge in [0.1, 0.15) is 0 Å². The molecule has 0 bridgehead atoms. The van der Waals surface area contributed by atoms with Crippen LogP contribution >= 0.6 is 0 Å². The fourth-order valence-electron chi connectivity index (χ4n) is 2.31. The molecule has 0 fully saturated rings. The molecule has 19 heavy (non-hydrogen) atoms. The largest absolute Gasteiger partial charge is 0.379 e. The number of hydrogen-bond donors (Lipinski definition) is 1. The molecule has 0 saturated carbocycles. The first-order valence-electron chi connectivity index (χ1n) is 7.26. The second kappa shape index (κ2) is 7.06. The molecular weight excluding hydrogens is 238 g/mol. The van der Waals surface area contributed by atoms with E-state index in [-0.39, 0.29) is 5.60 Å². The van der Waals surface area contributed by atoms with Crippen LogP contribution in [0.25, 0.3) is 0 Å². The minimum Gasteiger partial charge on any atom is -0.379 e. The van der Waals surface area contributed by atoms with E-state index >= 15 is 0 Å². The van der Waals surface area contributed by atoms with Gasteiger partial charge in [-0.3, -0.25) is 4.68 Å². The van der Waals surface area contributed by atoms with Gasteiger partial charge in [-0.05, 0) is 40.2 Å². The van der Waals surface area contributed by atoms with Crippen molar-refractivity contribution >= 4 is 0 Å². The molecule has 0 spiro atoms. The van der Waals surface area contributed by atoms with Gasteiger partial charge < -0.3 is 10.1 Å². The summed E-state index contributed by atoms with van der Waals surface area (Å²) in [4.78, 5) is 0. The number of hydrogen-bond acceptors (Lipinski definition) is 3. The predicted octanol–water partition coefficient (Wildman–Crippen LogP) is 2.54. The van der Waals surface area contributed by atoms with Gasteiger partial charge in [0.15, 0.2) is 0 Å². The van der Waals surface area contributed by atoms with Gasteiger partial charge in [0.05, 0.1) is 11.3 Å². The Morgan fingerprint density at radius 3 is 2.42 bits per heavy atom. The van der Waals surface area contributed by atoms with Gasteiger partial charge >= 0.3 is 0 Å². The van der Waals surface area contributed by atoms with Crippen molar-refractivity contribution in [2.24, 2.45) is 0 Å². The fourth-order valence-corrected chi connectivity index (χ4v) is 2.31. The number of nitrogens with one attached hydrogen (secondary N) is 1. The third-order valence-electron chi connectivity index (χ3n) is 3.75. The molecule has 0 amide bonds. The minimum atomic E-state index is -0.0908. The van der Waals surface area contributed by atoms with Gasteiger partial charge in [0.25, 0.3) is 0 Å². The number of nitrogens with zero attached hydrogens (tertiary/aromatic N) is 2. The monoisotopic (exact) mass is 267 g/mol. The van der Waals surface area contributed by atoms with Crippen LogP contribution in [0.3, 0.4) is 0 Å². The third-order valence-corrected chi connectivity index (χ3v) is 3.75. The van der Waals surface area contributed by atoms with Crippen molar-refractivity contribution in [1.29, 1.82) is 0 Å². The molecule has 1 heterocycles. The molecule has 0 radical (unpaired) electrons. The summed E-state index contributed by atoms with van der Waals surface area (Å²) in [5.74, 6) is 0. The Balaban J connectivity index is 2.94. The maximum atomic E-state index is 5.49. The molecule has 0 unspecified atom stereocenters. The van der Waals surface area contributed by atoms with E-state index in [9.17, 15) is 0 Å². The summed E-state index contributed by atoms with van der Waals surface area (Å²) in [5.41, 5.74) is 3.87. The molecular formula is C15H29N3O. The van der Waals surface area contributed by atoms with Crippen molar-refractivity contribution in [3.63, 3.8) is 0 Å². The van der Waals surface area contributed by atoms with Crippen LogP contribution in [-0.4, -0.2) is 29.5 Å². The first-order valence-corrected chi connectivity index (χ1v) is 7.26. The SMILES string of the molecule is CCc1nn(CCC(C)(C)OC)c(CC)c1CNC. The highest BCUT2D eigenvalue weighted by Gasteiger charge is 2.19. The van der Waals surface area contributed by atoms with Crippen LogP contribution in [0.5, 0.6) is 0 Å². The van der Waals surface area contributed by atoms with Gasteiger partial charge in [0, 0.05) is 31.5 Å². The van der Waals surface area contributed by atoms with Crippen LogP contribution in [0, 0.1) is 0 Å². The zero-order valence-corrected chi connectivity index (χ0v) is 13.3. The lowest BCUT2D eigenvalue weighted by Gasteiger charge is -2.23. The Kier molecular flexibility index (Phi) is 6.01. The molecule has 4 nitrogen and oxygen atoms in total. The molecule has 0 saturated heterocycles. The van der Waals surface area contributed by atoms with Gasteiger partial charge in [-0.1, -0.05) is 13.8 Å². The van der Waals surface area contributed by atoms with Crippen molar-refractivity contribution in [2.45, 2.75) is 65.6 Å². The van der Waals surface area contributed by atoms with Crippen molar-refractivity contribution in [3.05, 3.63) is 17.0 Å². The smallest absolute Gasteiger partial charge is 0.0669 e. The van der Waals surface area contributed by atoms with Crippen molar-refractivity contribution in [2.75, 3.05) is 14.2 Å². The van der Waals surface area contributed by atoms with E-state index in [0.29, 0.717) is 0 Å². The second-order valence-electron chi connectivity index (χ2n) is 5.55. The maximum Gasteiger partial charge on any atom is 0.0669 e.